The van der Waals surface area contributed by atoms with Gasteiger partial charge in [-0.05, 0) is 182 Å². The van der Waals surface area contributed by atoms with Gasteiger partial charge in [0.2, 0.25) is 0 Å². The summed E-state index contributed by atoms with van der Waals surface area (Å²) in [5, 5.41) is 32.7. The van der Waals surface area contributed by atoms with Crippen LogP contribution in [0.4, 0.5) is 0 Å². The summed E-state index contributed by atoms with van der Waals surface area (Å²) in [6, 6.07) is 40.3. The van der Waals surface area contributed by atoms with Gasteiger partial charge < -0.3 is 15.3 Å². The van der Waals surface area contributed by atoms with Crippen molar-refractivity contribution >= 4 is 0 Å². The maximum Gasteiger partial charge on any atom is 0.123 e. The van der Waals surface area contributed by atoms with Crippen LogP contribution in [0.5, 0.6) is 17.2 Å². The van der Waals surface area contributed by atoms with Crippen molar-refractivity contribution in [3.05, 3.63) is 159 Å². The van der Waals surface area contributed by atoms with Gasteiger partial charge in [0.25, 0.3) is 0 Å². The van der Waals surface area contributed by atoms with Crippen molar-refractivity contribution in [2.75, 3.05) is 0 Å². The van der Waals surface area contributed by atoms with Crippen LogP contribution in [0, 0.1) is 5.92 Å². The van der Waals surface area contributed by atoms with Crippen molar-refractivity contribution in [2.24, 2.45) is 5.92 Å². The van der Waals surface area contributed by atoms with Crippen molar-refractivity contribution in [2.45, 2.75) is 233 Å². The molecule has 0 heterocycles. The van der Waals surface area contributed by atoms with Gasteiger partial charge in [0.15, 0.2) is 0 Å². The molecule has 0 bridgehead atoms. The highest BCUT2D eigenvalue weighted by atomic mass is 16.3. The number of hydrogen-bond donors (Lipinski definition) is 3. The lowest BCUT2D eigenvalue weighted by Gasteiger charge is -2.28. The van der Waals surface area contributed by atoms with Gasteiger partial charge in [-0.15, -0.1) is 0 Å². The maximum absolute atomic E-state index is 10.9. The molecule has 0 spiro atoms. The topological polar surface area (TPSA) is 60.7 Å². The van der Waals surface area contributed by atoms with E-state index >= 15 is 0 Å². The number of phenols is 3. The minimum Gasteiger partial charge on any atom is -0.507 e. The molecule has 0 aliphatic heterocycles. The van der Waals surface area contributed by atoms with E-state index in [0.717, 1.165) is 51.1 Å². The normalized spacial score (nSPS) is 15.9. The van der Waals surface area contributed by atoms with Crippen LogP contribution in [-0.4, -0.2) is 15.3 Å². The Morgan fingerprint density at radius 2 is 0.539 bits per heavy atom. The van der Waals surface area contributed by atoms with E-state index in [1.807, 2.05) is 0 Å². The Bertz CT molecular complexity index is 2800. The number of benzene rings is 6. The summed E-state index contributed by atoms with van der Waals surface area (Å²) in [6.45, 7) is 39.0. The van der Waals surface area contributed by atoms with Gasteiger partial charge in [-0.2, -0.15) is 0 Å². The van der Waals surface area contributed by atoms with E-state index in [-0.39, 0.29) is 32.5 Å². The lowest BCUT2D eigenvalue weighted by Crippen LogP contribution is -2.17. The average Bonchev–Trinajstić information content (AvgIpc) is 3.94. The molecule has 0 unspecified atom stereocenters. The highest BCUT2D eigenvalue weighted by molar-refractivity contribution is 5.72. The number of aromatic hydroxyl groups is 3. The first-order valence-electron chi connectivity index (χ1n) is 29.1. The molecule has 3 heteroatoms. The van der Waals surface area contributed by atoms with Crippen LogP contribution in [0.2, 0.25) is 0 Å². The Hall–Kier alpha value is -5.28. The quantitative estimate of drug-likeness (QED) is 0.149. The third-order valence-electron chi connectivity index (χ3n) is 16.6. The van der Waals surface area contributed by atoms with E-state index in [1.165, 1.54) is 114 Å². The van der Waals surface area contributed by atoms with E-state index in [9.17, 15) is 15.3 Å². The highest BCUT2D eigenvalue weighted by Crippen LogP contribution is 2.46. The molecular weight excluding hydrogens is 925 g/mol. The lowest BCUT2D eigenvalue weighted by atomic mass is 9.77. The molecule has 6 aromatic rings. The molecule has 0 saturated heterocycles. The molecule has 3 nitrogen and oxygen atoms in total. The van der Waals surface area contributed by atoms with Gasteiger partial charge in [0.05, 0.1) is 0 Å². The van der Waals surface area contributed by atoms with Crippen LogP contribution in [-0.2, 0) is 38.9 Å². The molecule has 0 atom stereocenters. The smallest absolute Gasteiger partial charge is 0.123 e. The molecule has 0 radical (unpaired) electrons. The van der Waals surface area contributed by atoms with Crippen LogP contribution in [0.3, 0.4) is 0 Å². The van der Waals surface area contributed by atoms with Crippen LogP contribution in [0.25, 0.3) is 33.4 Å². The van der Waals surface area contributed by atoms with Crippen molar-refractivity contribution in [1.29, 1.82) is 0 Å². The molecule has 0 aromatic heterocycles. The minimum atomic E-state index is -0.0934. The monoisotopic (exact) mass is 1020 g/mol. The van der Waals surface area contributed by atoms with E-state index < -0.39 is 0 Å². The fourth-order valence-electron chi connectivity index (χ4n) is 11.2. The predicted molar refractivity (Wildman–Crippen MR) is 327 cm³/mol. The molecule has 9 rings (SSSR count). The van der Waals surface area contributed by atoms with E-state index in [4.69, 9.17) is 0 Å². The van der Waals surface area contributed by atoms with Gasteiger partial charge in [0.1, 0.15) is 17.2 Å². The first-order chi connectivity index (χ1) is 35.2. The van der Waals surface area contributed by atoms with Crippen LogP contribution in [0.15, 0.2) is 109 Å². The second-order valence-electron chi connectivity index (χ2n) is 29.5. The molecule has 3 saturated carbocycles. The lowest BCUT2D eigenvalue weighted by molar-refractivity contribution is 0.420. The van der Waals surface area contributed by atoms with Crippen LogP contribution in [0.1, 0.15) is 244 Å². The van der Waals surface area contributed by atoms with Crippen molar-refractivity contribution in [1.82, 2.24) is 0 Å². The Kier molecular flexibility index (Phi) is 17.1. The van der Waals surface area contributed by atoms with Gasteiger partial charge >= 0.3 is 0 Å². The molecule has 3 N–H and O–H groups in total. The van der Waals surface area contributed by atoms with Gasteiger partial charge in [-0.3, -0.25) is 0 Å². The van der Waals surface area contributed by atoms with E-state index in [1.54, 1.807) is 0 Å². The second-order valence-corrected chi connectivity index (χ2v) is 29.5. The molecule has 0 amide bonds. The number of rotatable bonds is 7. The van der Waals surface area contributed by atoms with Crippen molar-refractivity contribution in [3.8, 4) is 50.6 Å². The van der Waals surface area contributed by atoms with Gasteiger partial charge in [-0.1, -0.05) is 217 Å². The van der Waals surface area contributed by atoms with Crippen LogP contribution < -0.4 is 0 Å². The van der Waals surface area contributed by atoms with Crippen molar-refractivity contribution in [3.63, 3.8) is 0 Å². The zero-order valence-electron chi connectivity index (χ0n) is 50.5. The Morgan fingerprint density at radius 1 is 0.303 bits per heavy atom. The number of phenolic OH excluding ortho intramolecular Hbond substituents is 3. The third-order valence-corrected chi connectivity index (χ3v) is 16.6. The summed E-state index contributed by atoms with van der Waals surface area (Å²) in [7, 11) is 0. The first kappa shape index (κ1) is 58.4. The minimum absolute atomic E-state index is 0.0913. The largest absolute Gasteiger partial charge is 0.507 e. The van der Waals surface area contributed by atoms with Crippen LogP contribution >= 0.6 is 0 Å². The molecule has 3 fully saturated rings. The summed E-state index contributed by atoms with van der Waals surface area (Å²) in [4.78, 5) is 0. The average molecular weight is 1020 g/mol. The molecule has 3 aliphatic rings. The maximum atomic E-state index is 10.9. The zero-order valence-corrected chi connectivity index (χ0v) is 50.5. The number of hydrogen-bond acceptors (Lipinski definition) is 3. The van der Waals surface area contributed by atoms with E-state index in [0.29, 0.717) is 17.2 Å². The summed E-state index contributed by atoms with van der Waals surface area (Å²) >= 11 is 0. The van der Waals surface area contributed by atoms with Gasteiger partial charge in [0, 0.05) is 33.4 Å². The van der Waals surface area contributed by atoms with Gasteiger partial charge in [-0.25, -0.2) is 0 Å². The predicted octanol–water partition coefficient (Wildman–Crippen LogP) is 20.8. The fraction of sp³-hybridized carbons (Fsp3) is 0.507. The summed E-state index contributed by atoms with van der Waals surface area (Å²) in [5.74, 6) is 3.79. The second kappa shape index (κ2) is 22.2. The third kappa shape index (κ3) is 14.2. The zero-order chi connectivity index (χ0) is 55.9. The Balaban J connectivity index is 0.000000166. The standard InChI is InChI=1S/C25H34O.2C24H32O/c1-24(2,3)21-15-20(16-22(23(21)26)25(4,5)6)19-13-11-18(12-14-19)17-9-7-8-10-17;1-23(2,3)20-14-19(15-21(22(20)25)24(4,5)6)18-11-9-17(10-12-18)13-16-7-8-16;1-23(2,3)20-14-19(15-21(22(20)25)24(4,5)6)18-12-10-17(11-13-18)16-8-7-9-16/h11-17,26H,7-10H2,1-6H3;9-12,14-16,25H,7-8,13H2,1-6H3;10-16,25H,7-9H2,1-6H3. The molecule has 76 heavy (non-hydrogen) atoms. The molecule has 6 aromatic carbocycles. The molecule has 3 aliphatic carbocycles. The Morgan fingerprint density at radius 3 is 0.750 bits per heavy atom. The summed E-state index contributed by atoms with van der Waals surface area (Å²) in [5.41, 5.74) is 17.3. The fourth-order valence-corrected chi connectivity index (χ4v) is 11.2. The van der Waals surface area contributed by atoms with E-state index in [2.05, 4.69) is 234 Å². The first-order valence-corrected chi connectivity index (χ1v) is 29.1. The molecule has 408 valence electrons. The summed E-state index contributed by atoms with van der Waals surface area (Å²) < 4.78 is 0. The summed E-state index contributed by atoms with van der Waals surface area (Å²) in [6.07, 6.45) is 13.4. The SMILES string of the molecule is CC(C)(C)c1cc(-c2ccc(C3CCC3)cc2)cc(C(C)(C)C)c1O.CC(C)(C)c1cc(-c2ccc(C3CCCC3)cc2)cc(C(C)(C)C)c1O.CC(C)(C)c1cc(-c2ccc(CC3CC3)cc2)cc(C(C)(C)C)c1O. The Labute approximate surface area is 462 Å². The highest BCUT2D eigenvalue weighted by Gasteiger charge is 2.31. The molecular formula is C73H98O3. The van der Waals surface area contributed by atoms with Crippen molar-refractivity contribution < 1.29 is 15.3 Å².